The van der Waals surface area contributed by atoms with Crippen molar-refractivity contribution >= 4 is 21.8 Å². The number of rotatable bonds is 5. The van der Waals surface area contributed by atoms with Crippen molar-refractivity contribution in [1.82, 2.24) is 24.1 Å². The molecule has 3 aliphatic rings. The Morgan fingerprint density at radius 2 is 1.87 bits per heavy atom. The van der Waals surface area contributed by atoms with Crippen LogP contribution in [0, 0.1) is 11.8 Å². The Bertz CT molecular complexity index is 999. The van der Waals surface area contributed by atoms with Crippen LogP contribution in [0.5, 0.6) is 0 Å². The maximum absolute atomic E-state index is 13.2. The van der Waals surface area contributed by atoms with E-state index < -0.39 is 27.9 Å². The van der Waals surface area contributed by atoms with Crippen LogP contribution in [0.4, 0.5) is 0 Å². The summed E-state index contributed by atoms with van der Waals surface area (Å²) in [5.74, 6) is -1.56. The summed E-state index contributed by atoms with van der Waals surface area (Å²) in [5.41, 5.74) is 1.39. The molecule has 0 saturated carbocycles. The van der Waals surface area contributed by atoms with Gasteiger partial charge >= 0.3 is 0 Å². The number of aromatic nitrogens is 2. The molecule has 4 heterocycles. The van der Waals surface area contributed by atoms with Gasteiger partial charge in [0.2, 0.25) is 15.9 Å². The van der Waals surface area contributed by atoms with Gasteiger partial charge in [0, 0.05) is 13.1 Å². The van der Waals surface area contributed by atoms with Crippen molar-refractivity contribution in [2.24, 2.45) is 11.8 Å². The summed E-state index contributed by atoms with van der Waals surface area (Å²) in [6.07, 6.45) is 9.43. The van der Waals surface area contributed by atoms with Crippen molar-refractivity contribution < 1.29 is 18.0 Å². The number of carbonyl (C=O) groups excluding carboxylic acids is 2. The molecule has 2 saturated heterocycles. The number of hydrogen-bond donors (Lipinski definition) is 0. The molecule has 0 aromatic carbocycles. The molecule has 0 bridgehead atoms. The van der Waals surface area contributed by atoms with Gasteiger partial charge in [-0.1, -0.05) is 20.3 Å². The zero-order valence-corrected chi connectivity index (χ0v) is 19.0. The highest BCUT2D eigenvalue weighted by molar-refractivity contribution is 7.89. The van der Waals surface area contributed by atoms with Gasteiger partial charge in [-0.05, 0) is 37.9 Å². The van der Waals surface area contributed by atoms with Crippen molar-refractivity contribution in [1.29, 1.82) is 0 Å². The van der Waals surface area contributed by atoms with Crippen LogP contribution in [-0.4, -0.2) is 76.2 Å². The highest BCUT2D eigenvalue weighted by atomic mass is 32.2. The summed E-state index contributed by atoms with van der Waals surface area (Å²) in [4.78, 5) is 38.8. The molecule has 3 aliphatic heterocycles. The Morgan fingerprint density at radius 3 is 2.45 bits per heavy atom. The third-order valence-corrected chi connectivity index (χ3v) is 7.32. The maximum atomic E-state index is 13.2. The lowest BCUT2D eigenvalue weighted by atomic mass is 9.89. The number of piperidine rings is 1. The van der Waals surface area contributed by atoms with Gasteiger partial charge in [-0.2, -0.15) is 0 Å². The van der Waals surface area contributed by atoms with Crippen molar-refractivity contribution in [3.05, 3.63) is 35.6 Å². The predicted octanol–water partition coefficient (Wildman–Crippen LogP) is 1.24. The van der Waals surface area contributed by atoms with E-state index in [2.05, 4.69) is 14.9 Å². The molecule has 168 valence electrons. The maximum Gasteiger partial charge on any atom is 0.274 e. The third-order valence-electron chi connectivity index (χ3n) is 6.27. The van der Waals surface area contributed by atoms with E-state index in [0.29, 0.717) is 12.2 Å². The molecular formula is C21H29N5O4S. The molecule has 0 N–H and O–H groups in total. The highest BCUT2D eigenvalue weighted by Gasteiger charge is 2.54. The summed E-state index contributed by atoms with van der Waals surface area (Å²) in [6.45, 7) is 6.77. The van der Waals surface area contributed by atoms with Gasteiger partial charge in [0.15, 0.2) is 0 Å². The molecule has 2 fully saturated rings. The number of nitrogens with zero attached hydrogens (tertiary/aromatic N) is 5. The van der Waals surface area contributed by atoms with E-state index >= 15 is 0 Å². The first kappa shape index (κ1) is 21.9. The highest BCUT2D eigenvalue weighted by Crippen LogP contribution is 2.41. The average Bonchev–Trinajstić information content (AvgIpc) is 3.24. The third kappa shape index (κ3) is 4.10. The van der Waals surface area contributed by atoms with Crippen molar-refractivity contribution in [2.75, 3.05) is 25.9 Å². The van der Waals surface area contributed by atoms with Crippen molar-refractivity contribution in [2.45, 2.75) is 45.7 Å². The minimum absolute atomic E-state index is 0.126. The summed E-state index contributed by atoms with van der Waals surface area (Å²) >= 11 is 0. The summed E-state index contributed by atoms with van der Waals surface area (Å²) < 4.78 is 25.3. The van der Waals surface area contributed by atoms with E-state index in [0.717, 1.165) is 29.3 Å². The van der Waals surface area contributed by atoms with Crippen LogP contribution >= 0.6 is 0 Å². The Hall–Kier alpha value is -2.33. The van der Waals surface area contributed by atoms with Crippen LogP contribution in [0.2, 0.25) is 0 Å². The second-order valence-corrected chi connectivity index (χ2v) is 10.7. The number of hydrogen-bond acceptors (Lipinski definition) is 7. The normalized spacial score (nSPS) is 24.6. The summed E-state index contributed by atoms with van der Waals surface area (Å²) in [6, 6.07) is -0.607. The van der Waals surface area contributed by atoms with Crippen LogP contribution in [0.3, 0.4) is 0 Å². The Balaban J connectivity index is 1.53. The van der Waals surface area contributed by atoms with Gasteiger partial charge in [0.1, 0.15) is 5.69 Å². The van der Waals surface area contributed by atoms with Crippen molar-refractivity contribution in [3.63, 3.8) is 0 Å². The van der Waals surface area contributed by atoms with Gasteiger partial charge in [-0.3, -0.25) is 19.5 Å². The second-order valence-electron chi connectivity index (χ2n) is 8.90. The minimum Gasteiger partial charge on any atom is -0.324 e. The molecule has 2 amide bonds. The minimum atomic E-state index is -3.76. The average molecular weight is 448 g/mol. The van der Waals surface area contributed by atoms with Gasteiger partial charge in [-0.15, -0.1) is 0 Å². The fourth-order valence-electron chi connectivity index (χ4n) is 4.82. The smallest absolute Gasteiger partial charge is 0.274 e. The van der Waals surface area contributed by atoms with E-state index in [1.165, 1.54) is 30.4 Å². The predicted molar refractivity (Wildman–Crippen MR) is 114 cm³/mol. The van der Waals surface area contributed by atoms with Crippen LogP contribution < -0.4 is 0 Å². The second kappa shape index (κ2) is 8.31. The Morgan fingerprint density at radius 1 is 1.16 bits per heavy atom. The first-order valence-electron chi connectivity index (χ1n) is 10.8. The van der Waals surface area contributed by atoms with E-state index in [4.69, 9.17) is 0 Å². The number of carbonyl (C=O) groups is 2. The quantitative estimate of drug-likeness (QED) is 0.669. The lowest BCUT2D eigenvalue weighted by molar-refractivity contribution is -0.128. The number of likely N-dealkylation sites (tertiary alicyclic amines) is 1. The topological polar surface area (TPSA) is 104 Å². The molecule has 0 unspecified atom stereocenters. The molecule has 9 nitrogen and oxygen atoms in total. The molecular weight excluding hydrogens is 418 g/mol. The van der Waals surface area contributed by atoms with Gasteiger partial charge < -0.3 is 4.90 Å². The molecule has 0 radical (unpaired) electrons. The summed E-state index contributed by atoms with van der Waals surface area (Å²) in [7, 11) is -3.76. The molecule has 0 aliphatic carbocycles. The SMILES string of the molecule is CC(C)[C@H]1C(=O)N(S(C)(=O)=O)C2=CCN(C(=O)c3cnc(CN4CCCCC4)cn3)[C@@H]21. The monoisotopic (exact) mass is 447 g/mol. The number of fused-ring (bicyclic) bond motifs is 1. The number of sulfonamides is 1. The lowest BCUT2D eigenvalue weighted by Crippen LogP contribution is -2.43. The van der Waals surface area contributed by atoms with Gasteiger partial charge in [0.25, 0.3) is 5.91 Å². The lowest BCUT2D eigenvalue weighted by Gasteiger charge is -2.28. The first-order chi connectivity index (χ1) is 14.7. The largest absolute Gasteiger partial charge is 0.324 e. The molecule has 4 rings (SSSR count). The zero-order valence-electron chi connectivity index (χ0n) is 18.2. The Kier molecular flexibility index (Phi) is 5.87. The molecule has 2 atom stereocenters. The van der Waals surface area contributed by atoms with Gasteiger partial charge in [-0.25, -0.2) is 17.7 Å². The van der Waals surface area contributed by atoms with E-state index in [1.54, 1.807) is 12.3 Å². The van der Waals surface area contributed by atoms with Crippen LogP contribution in [0.15, 0.2) is 24.2 Å². The molecule has 1 aromatic rings. The first-order valence-corrected chi connectivity index (χ1v) is 12.6. The fourth-order valence-corrected chi connectivity index (χ4v) is 5.83. The zero-order chi connectivity index (χ0) is 22.3. The standard InChI is InChI=1S/C21H29N5O4S/c1-14(2)18-19-17(26(21(18)28)31(3,29)30)7-10-25(19)20(27)16-12-22-15(11-23-16)13-24-8-5-4-6-9-24/h7,11-12,14,18-19H,4-6,8-10,13H2,1-3H3/t18-,19+/m1/s1. The van der Waals surface area contributed by atoms with Crippen LogP contribution in [0.1, 0.15) is 49.3 Å². The van der Waals surface area contributed by atoms with E-state index in [1.807, 2.05) is 13.8 Å². The molecule has 0 spiro atoms. The van der Waals surface area contributed by atoms with Gasteiger partial charge in [0.05, 0.1) is 42.0 Å². The molecule has 10 heteroatoms. The fraction of sp³-hybridized carbons (Fsp3) is 0.619. The van der Waals surface area contributed by atoms with E-state index in [-0.39, 0.29) is 24.1 Å². The summed E-state index contributed by atoms with van der Waals surface area (Å²) in [5, 5.41) is 0. The van der Waals surface area contributed by atoms with Crippen molar-refractivity contribution in [3.8, 4) is 0 Å². The van der Waals surface area contributed by atoms with E-state index in [9.17, 15) is 18.0 Å². The molecule has 1 aromatic heterocycles. The number of amides is 2. The van der Waals surface area contributed by atoms with Crippen LogP contribution in [0.25, 0.3) is 0 Å². The molecule has 31 heavy (non-hydrogen) atoms. The Labute approximate surface area is 183 Å². The van der Waals surface area contributed by atoms with Crippen LogP contribution in [-0.2, 0) is 21.4 Å².